The smallest absolute Gasteiger partial charge is 0.235 e. The zero-order valence-corrected chi connectivity index (χ0v) is 15.5. The normalized spacial score (nSPS) is 15.7. The summed E-state index contributed by atoms with van der Waals surface area (Å²) in [4.78, 5) is 13.3. The molecule has 3 rings (SSSR count). The van der Waals surface area contributed by atoms with E-state index in [-0.39, 0.29) is 5.91 Å². The Labute approximate surface area is 158 Å². The molecule has 0 aromatic heterocycles. The second-order valence-electron chi connectivity index (χ2n) is 6.60. The Morgan fingerprint density at radius 1 is 1.19 bits per heavy atom. The number of rotatable bonds is 4. The molecule has 2 aromatic rings. The van der Waals surface area contributed by atoms with Crippen molar-refractivity contribution in [3.8, 4) is 11.8 Å². The van der Waals surface area contributed by atoms with Crippen molar-refractivity contribution in [3.63, 3.8) is 0 Å². The van der Waals surface area contributed by atoms with Crippen LogP contribution < -0.4 is 10.1 Å². The lowest BCUT2D eigenvalue weighted by atomic mass is 9.68. The van der Waals surface area contributed by atoms with Gasteiger partial charge in [0.2, 0.25) is 5.91 Å². The highest BCUT2D eigenvalue weighted by Crippen LogP contribution is 2.43. The minimum Gasteiger partial charge on any atom is -0.495 e. The Morgan fingerprint density at radius 3 is 2.58 bits per heavy atom. The van der Waals surface area contributed by atoms with Crippen molar-refractivity contribution in [2.24, 2.45) is 0 Å². The van der Waals surface area contributed by atoms with E-state index in [1.807, 2.05) is 24.3 Å². The van der Waals surface area contributed by atoms with Crippen LogP contribution in [0.15, 0.2) is 42.5 Å². The SMILES string of the molecule is COc1ccc(NC(=O)C2(c3ccccc3Cl)CCCCC2)cc1C#N. The Kier molecular flexibility index (Phi) is 5.49. The van der Waals surface area contributed by atoms with Gasteiger partial charge < -0.3 is 10.1 Å². The van der Waals surface area contributed by atoms with Gasteiger partial charge in [-0.2, -0.15) is 5.26 Å². The molecule has 1 aliphatic rings. The van der Waals surface area contributed by atoms with E-state index in [1.165, 1.54) is 7.11 Å². The number of halogens is 1. The zero-order chi connectivity index (χ0) is 18.6. The van der Waals surface area contributed by atoms with Crippen LogP contribution in [0.5, 0.6) is 5.75 Å². The molecule has 0 saturated heterocycles. The number of nitrogens with one attached hydrogen (secondary N) is 1. The number of carbonyl (C=O) groups excluding carboxylic acids is 1. The van der Waals surface area contributed by atoms with Gasteiger partial charge in [-0.15, -0.1) is 0 Å². The average molecular weight is 369 g/mol. The molecule has 0 radical (unpaired) electrons. The largest absolute Gasteiger partial charge is 0.495 e. The van der Waals surface area contributed by atoms with Crippen LogP contribution in [0.2, 0.25) is 5.02 Å². The molecule has 4 nitrogen and oxygen atoms in total. The minimum absolute atomic E-state index is 0.0700. The number of nitrogens with zero attached hydrogens (tertiary/aromatic N) is 1. The van der Waals surface area contributed by atoms with Crippen LogP contribution in [0.4, 0.5) is 5.69 Å². The Balaban J connectivity index is 1.95. The summed E-state index contributed by atoms with van der Waals surface area (Å²) in [5.41, 5.74) is 1.22. The van der Waals surface area contributed by atoms with Gasteiger partial charge in [0, 0.05) is 10.7 Å². The van der Waals surface area contributed by atoms with Gasteiger partial charge in [0.1, 0.15) is 11.8 Å². The fourth-order valence-electron chi connectivity index (χ4n) is 3.75. The summed E-state index contributed by atoms with van der Waals surface area (Å²) in [7, 11) is 1.52. The van der Waals surface area contributed by atoms with Crippen LogP contribution in [0, 0.1) is 11.3 Å². The summed E-state index contributed by atoms with van der Waals surface area (Å²) in [5.74, 6) is 0.420. The number of ether oxygens (including phenoxy) is 1. The molecule has 1 amide bonds. The molecular weight excluding hydrogens is 348 g/mol. The van der Waals surface area contributed by atoms with Crippen molar-refractivity contribution in [1.29, 1.82) is 5.26 Å². The van der Waals surface area contributed by atoms with Crippen LogP contribution in [-0.4, -0.2) is 13.0 Å². The Morgan fingerprint density at radius 2 is 1.92 bits per heavy atom. The molecule has 0 atom stereocenters. The molecule has 0 unspecified atom stereocenters. The van der Waals surface area contributed by atoms with Crippen molar-refractivity contribution >= 4 is 23.2 Å². The number of hydrogen-bond donors (Lipinski definition) is 1. The van der Waals surface area contributed by atoms with Gasteiger partial charge >= 0.3 is 0 Å². The topological polar surface area (TPSA) is 62.1 Å². The van der Waals surface area contributed by atoms with Crippen molar-refractivity contribution in [1.82, 2.24) is 0 Å². The highest BCUT2D eigenvalue weighted by molar-refractivity contribution is 6.31. The van der Waals surface area contributed by atoms with Crippen molar-refractivity contribution in [2.45, 2.75) is 37.5 Å². The molecule has 1 aliphatic carbocycles. The van der Waals surface area contributed by atoms with E-state index in [9.17, 15) is 10.1 Å². The lowest BCUT2D eigenvalue weighted by Gasteiger charge is -2.37. The first-order chi connectivity index (χ1) is 12.6. The van der Waals surface area contributed by atoms with Crippen LogP contribution in [0.25, 0.3) is 0 Å². The van der Waals surface area contributed by atoms with Gasteiger partial charge in [-0.05, 0) is 42.7 Å². The Bertz CT molecular complexity index is 851. The highest BCUT2D eigenvalue weighted by Gasteiger charge is 2.42. The van der Waals surface area contributed by atoms with E-state index < -0.39 is 5.41 Å². The van der Waals surface area contributed by atoms with E-state index in [0.717, 1.165) is 37.7 Å². The standard InChI is InChI=1S/C21H21ClN2O2/c1-26-19-10-9-16(13-15(19)14-23)24-20(25)21(11-5-2-6-12-21)17-7-3-4-8-18(17)22/h3-4,7-10,13H,2,5-6,11-12H2,1H3,(H,24,25). The van der Waals surface area contributed by atoms with Gasteiger partial charge in [0.25, 0.3) is 0 Å². The first kappa shape index (κ1) is 18.3. The molecule has 0 heterocycles. The third-order valence-corrected chi connectivity index (χ3v) is 5.44. The van der Waals surface area contributed by atoms with Gasteiger partial charge in [-0.1, -0.05) is 49.1 Å². The zero-order valence-electron chi connectivity index (χ0n) is 14.7. The molecule has 2 aromatic carbocycles. The van der Waals surface area contributed by atoms with Gasteiger partial charge in [0.15, 0.2) is 0 Å². The predicted octanol–water partition coefficient (Wildman–Crippen LogP) is 5.06. The van der Waals surface area contributed by atoms with E-state index in [4.69, 9.17) is 16.3 Å². The summed E-state index contributed by atoms with van der Waals surface area (Å²) < 4.78 is 5.16. The summed E-state index contributed by atoms with van der Waals surface area (Å²) in [6, 6.07) is 14.8. The molecule has 0 spiro atoms. The molecule has 1 N–H and O–H groups in total. The maximum Gasteiger partial charge on any atom is 0.235 e. The van der Waals surface area contributed by atoms with Crippen molar-refractivity contribution < 1.29 is 9.53 Å². The first-order valence-corrected chi connectivity index (χ1v) is 9.13. The van der Waals surface area contributed by atoms with E-state index in [2.05, 4.69) is 11.4 Å². The lowest BCUT2D eigenvalue weighted by molar-refractivity contribution is -0.122. The quantitative estimate of drug-likeness (QED) is 0.820. The first-order valence-electron chi connectivity index (χ1n) is 8.75. The summed E-state index contributed by atoms with van der Waals surface area (Å²) >= 11 is 6.44. The van der Waals surface area contributed by atoms with Crippen molar-refractivity contribution in [2.75, 3.05) is 12.4 Å². The lowest BCUT2D eigenvalue weighted by Crippen LogP contribution is -2.42. The third kappa shape index (κ3) is 3.40. The fourth-order valence-corrected chi connectivity index (χ4v) is 4.06. The maximum atomic E-state index is 13.3. The summed E-state index contributed by atoms with van der Waals surface area (Å²) in [5, 5.41) is 12.9. The second kappa shape index (κ2) is 7.80. The number of benzene rings is 2. The molecule has 134 valence electrons. The second-order valence-corrected chi connectivity index (χ2v) is 7.01. The number of amides is 1. The number of anilines is 1. The average Bonchev–Trinajstić information content (AvgIpc) is 2.68. The predicted molar refractivity (Wildman–Crippen MR) is 103 cm³/mol. The number of hydrogen-bond acceptors (Lipinski definition) is 3. The summed E-state index contributed by atoms with van der Waals surface area (Å²) in [6.07, 6.45) is 4.64. The molecule has 1 saturated carbocycles. The summed E-state index contributed by atoms with van der Waals surface area (Å²) in [6.45, 7) is 0. The van der Waals surface area contributed by atoms with Crippen LogP contribution in [-0.2, 0) is 10.2 Å². The maximum absolute atomic E-state index is 13.3. The van der Waals surface area contributed by atoms with E-state index in [0.29, 0.717) is 22.0 Å². The monoisotopic (exact) mass is 368 g/mol. The highest BCUT2D eigenvalue weighted by atomic mass is 35.5. The molecule has 5 heteroatoms. The molecule has 0 aliphatic heterocycles. The third-order valence-electron chi connectivity index (χ3n) is 5.11. The van der Waals surface area contributed by atoms with Crippen LogP contribution >= 0.6 is 11.6 Å². The van der Waals surface area contributed by atoms with Crippen molar-refractivity contribution in [3.05, 3.63) is 58.6 Å². The van der Waals surface area contributed by atoms with E-state index >= 15 is 0 Å². The Hall–Kier alpha value is -2.51. The van der Waals surface area contributed by atoms with E-state index in [1.54, 1.807) is 18.2 Å². The molecule has 26 heavy (non-hydrogen) atoms. The number of carbonyl (C=O) groups is 1. The molecular formula is C21H21ClN2O2. The van der Waals surface area contributed by atoms with Gasteiger partial charge in [-0.3, -0.25) is 4.79 Å². The van der Waals surface area contributed by atoms with Crippen LogP contribution in [0.3, 0.4) is 0 Å². The van der Waals surface area contributed by atoms with Gasteiger partial charge in [-0.25, -0.2) is 0 Å². The number of methoxy groups -OCH3 is 1. The van der Waals surface area contributed by atoms with Gasteiger partial charge in [0.05, 0.1) is 18.1 Å². The minimum atomic E-state index is -0.636. The molecule has 0 bridgehead atoms. The number of nitriles is 1. The molecule has 1 fully saturated rings. The van der Waals surface area contributed by atoms with Crippen LogP contribution in [0.1, 0.15) is 43.2 Å². The fraction of sp³-hybridized carbons (Fsp3) is 0.333.